The Bertz CT molecular complexity index is 490. The van der Waals surface area contributed by atoms with E-state index in [9.17, 15) is 4.79 Å². The van der Waals surface area contributed by atoms with Crippen molar-refractivity contribution in [3.63, 3.8) is 0 Å². The van der Waals surface area contributed by atoms with Crippen LogP contribution in [-0.4, -0.2) is 32.7 Å². The maximum absolute atomic E-state index is 11.6. The second-order valence-corrected chi connectivity index (χ2v) is 5.40. The predicted molar refractivity (Wildman–Crippen MR) is 81.7 cm³/mol. The molecule has 2 rings (SSSR count). The van der Waals surface area contributed by atoms with Gasteiger partial charge in [0.15, 0.2) is 11.5 Å². The molecule has 0 spiro atoms. The van der Waals surface area contributed by atoms with Gasteiger partial charge in [-0.3, -0.25) is 4.79 Å². The highest BCUT2D eigenvalue weighted by Gasteiger charge is 2.20. The lowest BCUT2D eigenvalue weighted by atomic mass is 10.0. The van der Waals surface area contributed by atoms with Gasteiger partial charge in [-0.05, 0) is 37.5 Å². The molecule has 2 unspecified atom stereocenters. The molecule has 0 bridgehead atoms. The number of ether oxygens (including phenoxy) is 2. The molecule has 5 nitrogen and oxygen atoms in total. The van der Waals surface area contributed by atoms with Crippen LogP contribution in [0.25, 0.3) is 0 Å². The molecule has 1 aliphatic heterocycles. The summed E-state index contributed by atoms with van der Waals surface area (Å²) >= 11 is 0. The number of benzene rings is 1. The van der Waals surface area contributed by atoms with Crippen molar-refractivity contribution in [3.8, 4) is 11.5 Å². The molecule has 2 N–H and O–H groups in total. The highest BCUT2D eigenvalue weighted by molar-refractivity contribution is 5.76. The topological polar surface area (TPSA) is 59.6 Å². The van der Waals surface area contributed by atoms with Crippen LogP contribution in [0.4, 0.5) is 0 Å². The van der Waals surface area contributed by atoms with Gasteiger partial charge in [-0.1, -0.05) is 6.07 Å². The monoisotopic (exact) mass is 292 g/mol. The molecular formula is C16H24N2O3. The van der Waals surface area contributed by atoms with E-state index in [-0.39, 0.29) is 18.0 Å². The third-order valence-corrected chi connectivity index (χ3v) is 3.88. The summed E-state index contributed by atoms with van der Waals surface area (Å²) in [5.74, 6) is 1.58. The SMILES string of the molecule is COc1ccc(C(C)NC2CCCNC(=O)C2)cc1OC. The van der Waals surface area contributed by atoms with Gasteiger partial charge in [0.05, 0.1) is 14.2 Å². The summed E-state index contributed by atoms with van der Waals surface area (Å²) in [7, 11) is 3.26. The van der Waals surface area contributed by atoms with Crippen molar-refractivity contribution in [2.24, 2.45) is 0 Å². The fourth-order valence-corrected chi connectivity index (χ4v) is 2.69. The Morgan fingerprint density at radius 3 is 2.76 bits per heavy atom. The third-order valence-electron chi connectivity index (χ3n) is 3.88. The molecule has 2 atom stereocenters. The summed E-state index contributed by atoms with van der Waals surface area (Å²) in [6, 6.07) is 6.28. The second kappa shape index (κ2) is 7.31. The van der Waals surface area contributed by atoms with Gasteiger partial charge < -0.3 is 20.1 Å². The zero-order valence-electron chi connectivity index (χ0n) is 12.9. The molecule has 1 aromatic carbocycles. The highest BCUT2D eigenvalue weighted by atomic mass is 16.5. The average Bonchev–Trinajstić information content (AvgIpc) is 2.70. The summed E-state index contributed by atoms with van der Waals surface area (Å²) in [5, 5.41) is 6.44. The first-order valence-electron chi connectivity index (χ1n) is 7.38. The van der Waals surface area contributed by atoms with Crippen LogP contribution in [0.15, 0.2) is 18.2 Å². The molecular weight excluding hydrogens is 268 g/mol. The van der Waals surface area contributed by atoms with E-state index in [4.69, 9.17) is 9.47 Å². The maximum atomic E-state index is 11.6. The Kier molecular flexibility index (Phi) is 5.44. The number of amides is 1. The highest BCUT2D eigenvalue weighted by Crippen LogP contribution is 2.30. The summed E-state index contributed by atoms with van der Waals surface area (Å²) < 4.78 is 10.6. The minimum Gasteiger partial charge on any atom is -0.493 e. The molecule has 21 heavy (non-hydrogen) atoms. The Morgan fingerprint density at radius 1 is 1.29 bits per heavy atom. The van der Waals surface area contributed by atoms with Crippen LogP contribution in [-0.2, 0) is 4.79 Å². The Hall–Kier alpha value is -1.75. The zero-order valence-corrected chi connectivity index (χ0v) is 12.9. The lowest BCUT2D eigenvalue weighted by Crippen LogP contribution is -2.34. The molecule has 5 heteroatoms. The van der Waals surface area contributed by atoms with E-state index >= 15 is 0 Å². The number of carbonyl (C=O) groups excluding carboxylic acids is 1. The molecule has 1 saturated heterocycles. The van der Waals surface area contributed by atoms with Crippen molar-refractivity contribution in [2.75, 3.05) is 20.8 Å². The average molecular weight is 292 g/mol. The minimum atomic E-state index is 0.129. The number of hydrogen-bond acceptors (Lipinski definition) is 4. The maximum Gasteiger partial charge on any atom is 0.221 e. The van der Waals surface area contributed by atoms with Crippen molar-refractivity contribution in [2.45, 2.75) is 38.3 Å². The van der Waals surface area contributed by atoms with Crippen LogP contribution in [0, 0.1) is 0 Å². The number of nitrogens with one attached hydrogen (secondary N) is 2. The smallest absolute Gasteiger partial charge is 0.221 e. The van der Waals surface area contributed by atoms with Crippen molar-refractivity contribution in [1.29, 1.82) is 0 Å². The van der Waals surface area contributed by atoms with Crippen LogP contribution in [0.5, 0.6) is 11.5 Å². The molecule has 1 heterocycles. The largest absolute Gasteiger partial charge is 0.493 e. The standard InChI is InChI=1S/C16H24N2O3/c1-11(18-13-5-4-8-17-16(19)10-13)12-6-7-14(20-2)15(9-12)21-3/h6-7,9,11,13,18H,4-5,8,10H2,1-3H3,(H,17,19). The molecule has 1 aliphatic rings. The molecule has 116 valence electrons. The predicted octanol–water partition coefficient (Wildman–Crippen LogP) is 2.02. The Labute approximate surface area is 126 Å². The van der Waals surface area contributed by atoms with Crippen LogP contribution >= 0.6 is 0 Å². The fourth-order valence-electron chi connectivity index (χ4n) is 2.69. The molecule has 0 saturated carbocycles. The van der Waals surface area contributed by atoms with E-state index in [1.165, 1.54) is 0 Å². The Morgan fingerprint density at radius 2 is 2.05 bits per heavy atom. The zero-order chi connectivity index (χ0) is 15.2. The summed E-state index contributed by atoms with van der Waals surface area (Å²) in [6.45, 7) is 2.88. The van der Waals surface area contributed by atoms with Crippen LogP contribution in [0.2, 0.25) is 0 Å². The van der Waals surface area contributed by atoms with Gasteiger partial charge in [-0.25, -0.2) is 0 Å². The lowest BCUT2D eigenvalue weighted by molar-refractivity contribution is -0.121. The van der Waals surface area contributed by atoms with Crippen LogP contribution in [0.1, 0.15) is 37.8 Å². The first kappa shape index (κ1) is 15.6. The fraction of sp³-hybridized carbons (Fsp3) is 0.562. The van der Waals surface area contributed by atoms with Crippen molar-refractivity contribution >= 4 is 5.91 Å². The number of methoxy groups -OCH3 is 2. The van der Waals surface area contributed by atoms with Gasteiger partial charge in [0.25, 0.3) is 0 Å². The van der Waals surface area contributed by atoms with E-state index in [1.807, 2.05) is 18.2 Å². The van der Waals surface area contributed by atoms with Gasteiger partial charge in [0.2, 0.25) is 5.91 Å². The van der Waals surface area contributed by atoms with E-state index in [0.717, 1.165) is 36.4 Å². The minimum absolute atomic E-state index is 0.129. The number of carbonyl (C=O) groups is 1. The molecule has 0 aromatic heterocycles. The molecule has 1 aromatic rings. The molecule has 1 fully saturated rings. The second-order valence-electron chi connectivity index (χ2n) is 5.40. The summed E-state index contributed by atoms with van der Waals surface area (Å²) in [6.07, 6.45) is 2.57. The first-order valence-corrected chi connectivity index (χ1v) is 7.38. The van der Waals surface area contributed by atoms with Crippen LogP contribution in [0.3, 0.4) is 0 Å². The van der Waals surface area contributed by atoms with Gasteiger partial charge >= 0.3 is 0 Å². The van der Waals surface area contributed by atoms with E-state index in [1.54, 1.807) is 14.2 Å². The van der Waals surface area contributed by atoms with Crippen molar-refractivity contribution in [1.82, 2.24) is 10.6 Å². The molecule has 0 radical (unpaired) electrons. The van der Waals surface area contributed by atoms with Crippen molar-refractivity contribution < 1.29 is 14.3 Å². The Balaban J connectivity index is 2.05. The van der Waals surface area contributed by atoms with Crippen molar-refractivity contribution in [3.05, 3.63) is 23.8 Å². The van der Waals surface area contributed by atoms with Gasteiger partial charge in [-0.15, -0.1) is 0 Å². The summed E-state index contributed by atoms with van der Waals surface area (Å²) in [4.78, 5) is 11.6. The van der Waals surface area contributed by atoms with Gasteiger partial charge in [0, 0.05) is 25.0 Å². The number of rotatable bonds is 5. The molecule has 1 amide bonds. The van der Waals surface area contributed by atoms with Gasteiger partial charge in [0.1, 0.15) is 0 Å². The van der Waals surface area contributed by atoms with E-state index < -0.39 is 0 Å². The third kappa shape index (κ3) is 4.11. The van der Waals surface area contributed by atoms with E-state index in [2.05, 4.69) is 17.6 Å². The quantitative estimate of drug-likeness (QED) is 0.872. The first-order chi connectivity index (χ1) is 10.1. The lowest BCUT2D eigenvalue weighted by Gasteiger charge is -2.22. The molecule has 0 aliphatic carbocycles. The van der Waals surface area contributed by atoms with Crippen LogP contribution < -0.4 is 20.1 Å². The van der Waals surface area contributed by atoms with E-state index in [0.29, 0.717) is 6.42 Å². The summed E-state index contributed by atoms with van der Waals surface area (Å²) in [5.41, 5.74) is 1.12. The number of hydrogen-bond donors (Lipinski definition) is 2. The normalized spacial score (nSPS) is 20.3. The van der Waals surface area contributed by atoms with Gasteiger partial charge in [-0.2, -0.15) is 0 Å².